The average molecular weight is 367 g/mol. The van der Waals surface area contributed by atoms with Crippen LogP contribution in [-0.2, 0) is 4.74 Å². The van der Waals surface area contributed by atoms with Gasteiger partial charge in [0.05, 0.1) is 29.9 Å². The Morgan fingerprint density at radius 2 is 2.15 bits per heavy atom. The first-order chi connectivity index (χ1) is 12.1. The molecule has 1 aromatic carbocycles. The number of nitrogens with zero attached hydrogens (tertiary/aromatic N) is 2. The molecule has 1 aliphatic rings. The number of ether oxygens (including phenoxy) is 2. The number of aliphatic hydroxyl groups excluding tert-OH is 1. The van der Waals surface area contributed by atoms with E-state index in [1.165, 1.54) is 7.11 Å². The Morgan fingerprint density at radius 3 is 2.65 bits per heavy atom. The van der Waals surface area contributed by atoms with E-state index >= 15 is 0 Å². The van der Waals surface area contributed by atoms with Crippen molar-refractivity contribution in [2.75, 3.05) is 37.5 Å². The van der Waals surface area contributed by atoms with Gasteiger partial charge in [0.2, 0.25) is 5.75 Å². The van der Waals surface area contributed by atoms with Gasteiger partial charge in [0, 0.05) is 25.2 Å². The van der Waals surface area contributed by atoms with E-state index in [0.29, 0.717) is 24.2 Å². The molecular weight excluding hydrogens is 342 g/mol. The van der Waals surface area contributed by atoms with E-state index < -0.39 is 16.6 Å². The van der Waals surface area contributed by atoms with Crippen LogP contribution >= 0.6 is 0 Å². The summed E-state index contributed by atoms with van der Waals surface area (Å²) in [5.74, 6) is -0.431. The molecule has 1 heterocycles. The summed E-state index contributed by atoms with van der Waals surface area (Å²) in [7, 11) is 3.11. The summed E-state index contributed by atoms with van der Waals surface area (Å²) in [6.07, 6.45) is -0.148. The number of fused-ring (bicyclic) bond motifs is 1. The van der Waals surface area contributed by atoms with Crippen LogP contribution in [0.5, 0.6) is 5.75 Å². The number of amides is 1. The Bertz CT molecular complexity index is 713. The van der Waals surface area contributed by atoms with Gasteiger partial charge in [-0.3, -0.25) is 15.4 Å². The number of anilines is 2. The minimum absolute atomic E-state index is 0.0617. The molecule has 1 amide bonds. The Morgan fingerprint density at radius 1 is 1.50 bits per heavy atom. The van der Waals surface area contributed by atoms with Crippen LogP contribution in [0, 0.1) is 10.1 Å². The minimum atomic E-state index is -0.734. The SMILES string of the molecule is COc1c(NC(=O)OC(C)(C)C)cc2c(c1[N+](=O)[O-])C(CO)CCN2C. The maximum Gasteiger partial charge on any atom is 0.412 e. The van der Waals surface area contributed by atoms with Crippen LogP contribution in [0.3, 0.4) is 0 Å². The minimum Gasteiger partial charge on any atom is -0.489 e. The third kappa shape index (κ3) is 3.98. The van der Waals surface area contributed by atoms with Crippen molar-refractivity contribution in [1.29, 1.82) is 0 Å². The fourth-order valence-corrected chi connectivity index (χ4v) is 3.06. The standard InChI is InChI=1S/C17H25N3O6/c1-17(2,3)26-16(22)18-11-8-12-13(10(9-21)6-7-19(12)4)14(20(23)24)15(11)25-5/h8,10,21H,6-7,9H2,1-5H3,(H,18,22). The van der Waals surface area contributed by atoms with Gasteiger partial charge in [0.15, 0.2) is 0 Å². The van der Waals surface area contributed by atoms with E-state index in [1.807, 2.05) is 4.90 Å². The Labute approximate surface area is 152 Å². The van der Waals surface area contributed by atoms with Crippen LogP contribution in [0.25, 0.3) is 0 Å². The summed E-state index contributed by atoms with van der Waals surface area (Å²) < 4.78 is 10.5. The predicted octanol–water partition coefficient (Wildman–Crippen LogP) is 2.87. The van der Waals surface area contributed by atoms with E-state index in [1.54, 1.807) is 33.9 Å². The Balaban J connectivity index is 2.60. The van der Waals surface area contributed by atoms with Gasteiger partial charge in [-0.2, -0.15) is 0 Å². The molecule has 0 spiro atoms. The number of carbonyl (C=O) groups is 1. The van der Waals surface area contributed by atoms with Gasteiger partial charge in [-0.25, -0.2) is 4.79 Å². The van der Waals surface area contributed by atoms with Crippen molar-refractivity contribution < 1.29 is 24.3 Å². The summed E-state index contributed by atoms with van der Waals surface area (Å²) in [6.45, 7) is 5.59. The highest BCUT2D eigenvalue weighted by atomic mass is 16.6. The second-order valence-corrected chi connectivity index (χ2v) is 7.21. The molecule has 2 N–H and O–H groups in total. The third-order valence-electron chi connectivity index (χ3n) is 4.15. The maximum atomic E-state index is 12.1. The number of methoxy groups -OCH3 is 1. The number of rotatable bonds is 4. The first-order valence-electron chi connectivity index (χ1n) is 8.30. The highest BCUT2D eigenvalue weighted by Crippen LogP contribution is 2.49. The first kappa shape index (κ1) is 19.8. The summed E-state index contributed by atoms with van der Waals surface area (Å²) in [4.78, 5) is 25.2. The monoisotopic (exact) mass is 367 g/mol. The molecule has 0 aromatic heterocycles. The summed E-state index contributed by atoms with van der Waals surface area (Å²) in [5.41, 5.74) is 0.182. The molecule has 2 rings (SSSR count). The van der Waals surface area contributed by atoms with Crippen LogP contribution in [0.1, 0.15) is 38.7 Å². The van der Waals surface area contributed by atoms with Gasteiger partial charge in [0.1, 0.15) is 5.60 Å². The van der Waals surface area contributed by atoms with E-state index in [-0.39, 0.29) is 29.6 Å². The number of nitro groups is 1. The highest BCUT2D eigenvalue weighted by molar-refractivity contribution is 5.91. The van der Waals surface area contributed by atoms with E-state index in [9.17, 15) is 20.0 Å². The number of hydrogen-bond donors (Lipinski definition) is 2. The number of aliphatic hydroxyl groups is 1. The number of benzene rings is 1. The van der Waals surface area contributed by atoms with Gasteiger partial charge in [-0.1, -0.05) is 0 Å². The molecule has 1 atom stereocenters. The molecule has 0 bridgehead atoms. The molecule has 0 saturated carbocycles. The lowest BCUT2D eigenvalue weighted by Crippen LogP contribution is -2.30. The molecule has 0 fully saturated rings. The maximum absolute atomic E-state index is 12.1. The number of nitrogens with one attached hydrogen (secondary N) is 1. The van der Waals surface area contributed by atoms with Gasteiger partial charge >= 0.3 is 11.8 Å². The average Bonchev–Trinajstić information content (AvgIpc) is 2.52. The van der Waals surface area contributed by atoms with Gasteiger partial charge in [-0.15, -0.1) is 0 Å². The van der Waals surface area contributed by atoms with Crippen molar-refractivity contribution in [1.82, 2.24) is 0 Å². The van der Waals surface area contributed by atoms with Gasteiger partial charge in [-0.05, 0) is 33.3 Å². The van der Waals surface area contributed by atoms with E-state index in [2.05, 4.69) is 5.32 Å². The zero-order chi connectivity index (χ0) is 19.6. The van der Waals surface area contributed by atoms with E-state index in [4.69, 9.17) is 9.47 Å². The van der Waals surface area contributed by atoms with Crippen LogP contribution in [-0.4, -0.2) is 49.0 Å². The zero-order valence-electron chi connectivity index (χ0n) is 15.7. The third-order valence-corrected chi connectivity index (χ3v) is 4.15. The highest BCUT2D eigenvalue weighted by Gasteiger charge is 2.36. The van der Waals surface area contributed by atoms with Crippen molar-refractivity contribution in [3.63, 3.8) is 0 Å². The molecule has 9 nitrogen and oxygen atoms in total. The molecule has 26 heavy (non-hydrogen) atoms. The molecule has 0 aliphatic carbocycles. The van der Waals surface area contributed by atoms with Gasteiger partial charge < -0.3 is 19.5 Å². The van der Waals surface area contributed by atoms with E-state index in [0.717, 1.165) is 0 Å². The van der Waals surface area contributed by atoms with Crippen molar-refractivity contribution in [3.05, 3.63) is 21.7 Å². The summed E-state index contributed by atoms with van der Waals surface area (Å²) in [6, 6.07) is 1.62. The van der Waals surface area contributed by atoms with Crippen molar-refractivity contribution in [2.24, 2.45) is 0 Å². The first-order valence-corrected chi connectivity index (χ1v) is 8.30. The fourth-order valence-electron chi connectivity index (χ4n) is 3.06. The zero-order valence-corrected chi connectivity index (χ0v) is 15.7. The number of nitro benzene ring substituents is 1. The van der Waals surface area contributed by atoms with Crippen LogP contribution in [0.4, 0.5) is 21.9 Å². The normalized spacial score (nSPS) is 16.7. The van der Waals surface area contributed by atoms with Crippen LogP contribution in [0.15, 0.2) is 6.07 Å². The number of hydrogen-bond acceptors (Lipinski definition) is 7. The lowest BCUT2D eigenvalue weighted by molar-refractivity contribution is -0.386. The van der Waals surface area contributed by atoms with Crippen molar-refractivity contribution >= 4 is 23.2 Å². The summed E-state index contributed by atoms with van der Waals surface area (Å²) >= 11 is 0. The molecule has 1 aliphatic heterocycles. The Kier molecular flexibility index (Phi) is 5.60. The molecule has 0 radical (unpaired) electrons. The quantitative estimate of drug-likeness (QED) is 0.621. The second kappa shape index (κ2) is 7.36. The molecule has 144 valence electrons. The molecular formula is C17H25N3O6. The predicted molar refractivity (Wildman–Crippen MR) is 97.2 cm³/mol. The van der Waals surface area contributed by atoms with Crippen LogP contribution < -0.4 is 15.0 Å². The molecule has 9 heteroatoms. The Hall–Kier alpha value is -2.55. The van der Waals surface area contributed by atoms with Gasteiger partial charge in [0.25, 0.3) is 0 Å². The van der Waals surface area contributed by atoms with Crippen LogP contribution in [0.2, 0.25) is 0 Å². The summed E-state index contributed by atoms with van der Waals surface area (Å²) in [5, 5.41) is 24.0. The smallest absolute Gasteiger partial charge is 0.412 e. The lowest BCUT2D eigenvalue weighted by Gasteiger charge is -2.33. The molecule has 1 aromatic rings. The lowest BCUT2D eigenvalue weighted by atomic mass is 9.88. The number of carbonyl (C=O) groups excluding carboxylic acids is 1. The van der Waals surface area contributed by atoms with Crippen molar-refractivity contribution in [3.8, 4) is 5.75 Å². The largest absolute Gasteiger partial charge is 0.489 e. The molecule has 0 saturated heterocycles. The molecule has 1 unspecified atom stereocenters. The second-order valence-electron chi connectivity index (χ2n) is 7.21. The fraction of sp³-hybridized carbons (Fsp3) is 0.588. The van der Waals surface area contributed by atoms with Crippen molar-refractivity contribution in [2.45, 2.75) is 38.7 Å². The topological polar surface area (TPSA) is 114 Å².